The predicted molar refractivity (Wildman–Crippen MR) is 84.7 cm³/mol. The number of nitrogens with one attached hydrogen (secondary N) is 3. The first-order valence-electron chi connectivity index (χ1n) is 6.81. The molecule has 0 spiro atoms. The van der Waals surface area contributed by atoms with E-state index in [9.17, 15) is 31.2 Å². The van der Waals surface area contributed by atoms with Crippen LogP contribution < -0.4 is 15.4 Å². The smallest absolute Gasteiger partial charge is 0.308 e. The van der Waals surface area contributed by atoms with Crippen molar-refractivity contribution in [2.75, 3.05) is 10.0 Å². The number of urea groups is 1. The minimum absolute atomic E-state index is 0.0192. The minimum Gasteiger partial charge on any atom is -0.308 e. The van der Waals surface area contributed by atoms with Gasteiger partial charge in [-0.05, 0) is 36.4 Å². The number of aromatic nitrogens is 1. The molecule has 2 rings (SSSR count). The highest BCUT2D eigenvalue weighted by molar-refractivity contribution is 7.92. The molecule has 0 aliphatic carbocycles. The monoisotopic (exact) mass is 388 g/mol. The lowest BCUT2D eigenvalue weighted by molar-refractivity contribution is -0.172. The van der Waals surface area contributed by atoms with Gasteiger partial charge in [0.1, 0.15) is 5.82 Å². The number of carbonyl (C=O) groups is 2. The molecule has 1 aromatic heterocycles. The lowest BCUT2D eigenvalue weighted by Gasteiger charge is -2.10. The van der Waals surface area contributed by atoms with Crippen LogP contribution in [0.1, 0.15) is 0 Å². The summed E-state index contributed by atoms with van der Waals surface area (Å²) in [5.41, 5.74) is -0.0192. The van der Waals surface area contributed by atoms with Crippen LogP contribution >= 0.6 is 0 Å². The highest BCUT2D eigenvalue weighted by atomic mass is 32.2. The molecule has 0 fully saturated rings. The number of imide groups is 1. The second-order valence-corrected chi connectivity index (χ2v) is 6.43. The Morgan fingerprint density at radius 1 is 1.00 bits per heavy atom. The number of hydrogen-bond donors (Lipinski definition) is 3. The van der Waals surface area contributed by atoms with Gasteiger partial charge in [-0.15, -0.1) is 0 Å². The quantitative estimate of drug-likeness (QED) is 0.741. The summed E-state index contributed by atoms with van der Waals surface area (Å²) in [6.45, 7) is 0. The fourth-order valence-corrected chi connectivity index (χ4v) is 2.68. The van der Waals surface area contributed by atoms with E-state index in [-0.39, 0.29) is 16.4 Å². The van der Waals surface area contributed by atoms with Crippen molar-refractivity contribution in [3.05, 3.63) is 48.7 Å². The van der Waals surface area contributed by atoms with Crippen molar-refractivity contribution in [2.45, 2.75) is 11.1 Å². The number of amides is 3. The number of hydrogen-bond acceptors (Lipinski definition) is 5. The van der Waals surface area contributed by atoms with Gasteiger partial charge in [0.2, 0.25) is 0 Å². The largest absolute Gasteiger partial charge is 0.471 e. The van der Waals surface area contributed by atoms with E-state index in [2.05, 4.69) is 9.71 Å². The zero-order valence-corrected chi connectivity index (χ0v) is 13.6. The van der Waals surface area contributed by atoms with E-state index in [1.165, 1.54) is 12.3 Å². The molecule has 0 bridgehead atoms. The van der Waals surface area contributed by atoms with Crippen LogP contribution in [0.25, 0.3) is 0 Å². The fourth-order valence-electron chi connectivity index (χ4n) is 1.67. The van der Waals surface area contributed by atoms with Gasteiger partial charge in [0.15, 0.2) is 0 Å². The fraction of sp³-hybridized carbons (Fsp3) is 0.0714. The summed E-state index contributed by atoms with van der Waals surface area (Å²) in [7, 11) is -3.94. The zero-order valence-electron chi connectivity index (χ0n) is 12.7. The molecule has 0 radical (unpaired) electrons. The van der Waals surface area contributed by atoms with Crippen LogP contribution in [-0.2, 0) is 14.8 Å². The molecule has 0 atom stereocenters. The molecule has 3 N–H and O–H groups in total. The van der Waals surface area contributed by atoms with Gasteiger partial charge in [0, 0.05) is 11.9 Å². The Kier molecular flexibility index (Phi) is 5.45. The van der Waals surface area contributed by atoms with E-state index in [0.29, 0.717) is 0 Å². The number of alkyl halides is 3. The molecule has 0 aliphatic rings. The average Bonchev–Trinajstić information content (AvgIpc) is 2.55. The molecule has 2 aromatic rings. The third-order valence-corrected chi connectivity index (χ3v) is 4.18. The number of rotatable bonds is 4. The SMILES string of the molecule is O=C(NC(=O)C(F)(F)F)Nc1ccc(S(=O)(=O)Nc2ccccn2)cc1. The van der Waals surface area contributed by atoms with Crippen molar-refractivity contribution in [2.24, 2.45) is 0 Å². The second kappa shape index (κ2) is 7.39. The Balaban J connectivity index is 2.04. The third kappa shape index (κ3) is 5.17. The number of pyridine rings is 1. The summed E-state index contributed by atoms with van der Waals surface area (Å²) in [5.74, 6) is -2.33. The lowest BCUT2D eigenvalue weighted by Crippen LogP contribution is -2.42. The Labute approximate surface area is 145 Å². The second-order valence-electron chi connectivity index (χ2n) is 4.75. The van der Waals surface area contributed by atoms with Crippen molar-refractivity contribution in [1.82, 2.24) is 10.3 Å². The van der Waals surface area contributed by atoms with Crippen LogP contribution in [-0.4, -0.2) is 31.5 Å². The van der Waals surface area contributed by atoms with E-state index in [1.807, 2.05) is 5.32 Å². The molecule has 26 heavy (non-hydrogen) atoms. The Bertz CT molecular complexity index is 900. The van der Waals surface area contributed by atoms with Crippen LogP contribution in [0.4, 0.5) is 29.5 Å². The molecule has 1 heterocycles. The summed E-state index contributed by atoms with van der Waals surface area (Å²) in [6.07, 6.45) is -3.81. The van der Waals surface area contributed by atoms with Gasteiger partial charge in [0.05, 0.1) is 4.90 Å². The molecular formula is C14H11F3N4O4S. The van der Waals surface area contributed by atoms with Crippen LogP contribution in [0.5, 0.6) is 0 Å². The maximum absolute atomic E-state index is 12.2. The molecule has 0 aliphatic heterocycles. The number of carbonyl (C=O) groups excluding carboxylic acids is 2. The van der Waals surface area contributed by atoms with Crippen molar-refractivity contribution in [1.29, 1.82) is 0 Å². The number of sulfonamides is 1. The van der Waals surface area contributed by atoms with Gasteiger partial charge in [-0.3, -0.25) is 14.8 Å². The maximum Gasteiger partial charge on any atom is 0.471 e. The van der Waals surface area contributed by atoms with Crippen LogP contribution in [0.2, 0.25) is 0 Å². The van der Waals surface area contributed by atoms with E-state index in [4.69, 9.17) is 0 Å². The Morgan fingerprint density at radius 2 is 1.65 bits per heavy atom. The summed E-state index contributed by atoms with van der Waals surface area (Å²) in [5, 5.41) is 3.07. The van der Waals surface area contributed by atoms with Gasteiger partial charge < -0.3 is 5.32 Å². The number of nitrogens with zero attached hydrogens (tertiary/aromatic N) is 1. The van der Waals surface area contributed by atoms with Gasteiger partial charge in [-0.25, -0.2) is 18.2 Å². The molecular weight excluding hydrogens is 377 g/mol. The van der Waals surface area contributed by atoms with Crippen molar-refractivity contribution < 1.29 is 31.2 Å². The van der Waals surface area contributed by atoms with Gasteiger partial charge in [0.25, 0.3) is 10.0 Å². The van der Waals surface area contributed by atoms with Gasteiger partial charge in [-0.1, -0.05) is 6.07 Å². The highest BCUT2D eigenvalue weighted by Crippen LogP contribution is 2.17. The van der Waals surface area contributed by atoms with E-state index in [1.54, 1.807) is 12.1 Å². The predicted octanol–water partition coefficient (Wildman–Crippen LogP) is 2.09. The standard InChI is InChI=1S/C14H11F3N4O4S/c15-14(16,17)12(22)20-13(23)19-9-4-6-10(7-5-9)26(24,25)21-11-3-1-2-8-18-11/h1-8H,(H,18,21)(H2,19,20,22,23). The van der Waals surface area contributed by atoms with Crippen LogP contribution in [0, 0.1) is 0 Å². The topological polar surface area (TPSA) is 117 Å². The normalized spacial score (nSPS) is 11.5. The summed E-state index contributed by atoms with van der Waals surface area (Å²) in [4.78, 5) is 25.6. The van der Waals surface area contributed by atoms with Crippen molar-refractivity contribution >= 4 is 33.5 Å². The first-order valence-corrected chi connectivity index (χ1v) is 8.29. The molecule has 12 heteroatoms. The minimum atomic E-state index is -5.20. The average molecular weight is 388 g/mol. The molecule has 138 valence electrons. The van der Waals surface area contributed by atoms with E-state index in [0.717, 1.165) is 29.6 Å². The molecule has 0 unspecified atom stereocenters. The summed E-state index contributed by atoms with van der Waals surface area (Å²) >= 11 is 0. The van der Waals surface area contributed by atoms with E-state index < -0.39 is 28.1 Å². The van der Waals surface area contributed by atoms with E-state index >= 15 is 0 Å². The van der Waals surface area contributed by atoms with Crippen molar-refractivity contribution in [3.63, 3.8) is 0 Å². The first-order chi connectivity index (χ1) is 12.1. The first kappa shape index (κ1) is 19.2. The van der Waals surface area contributed by atoms with Crippen molar-refractivity contribution in [3.8, 4) is 0 Å². The van der Waals surface area contributed by atoms with Crippen LogP contribution in [0.15, 0.2) is 53.6 Å². The number of benzene rings is 1. The number of anilines is 2. The Morgan fingerprint density at radius 3 is 2.19 bits per heavy atom. The zero-order chi connectivity index (χ0) is 19.4. The summed E-state index contributed by atoms with van der Waals surface area (Å²) < 4.78 is 62.7. The molecule has 3 amide bonds. The van der Waals surface area contributed by atoms with Gasteiger partial charge in [-0.2, -0.15) is 13.2 Å². The lowest BCUT2D eigenvalue weighted by atomic mass is 10.3. The third-order valence-electron chi connectivity index (χ3n) is 2.81. The molecule has 0 saturated carbocycles. The highest BCUT2D eigenvalue weighted by Gasteiger charge is 2.39. The van der Waals surface area contributed by atoms with Crippen LogP contribution in [0.3, 0.4) is 0 Å². The molecule has 0 saturated heterocycles. The summed E-state index contributed by atoms with van der Waals surface area (Å²) in [6, 6.07) is 7.74. The molecule has 8 nitrogen and oxygen atoms in total. The molecule has 1 aromatic carbocycles. The maximum atomic E-state index is 12.2. The van der Waals surface area contributed by atoms with Gasteiger partial charge >= 0.3 is 18.1 Å². The Hall–Kier alpha value is -3.15. The number of halogens is 3.